The number of aromatic nitrogens is 2. The minimum absolute atomic E-state index is 0.0244. The van der Waals surface area contributed by atoms with Gasteiger partial charge in [0, 0.05) is 22.7 Å². The molecule has 0 saturated carbocycles. The maximum Gasteiger partial charge on any atom is 0.240 e. The Morgan fingerprint density at radius 3 is 2.35 bits per heavy atom. The van der Waals surface area contributed by atoms with Crippen LogP contribution in [0.15, 0.2) is 72.8 Å². The summed E-state index contributed by atoms with van der Waals surface area (Å²) in [4.78, 5) is 28.8. The predicted octanol–water partition coefficient (Wildman–Crippen LogP) is 5.65. The SMILES string of the molecule is CC[C@H](C)NC(=O)CN1C(=O)CS[C@@H](c2cc(OC)ccc2OC)c2c(-c3ccccc3)nn(-c3ccc(OC)cc3)c21. The molecule has 1 aliphatic heterocycles. The largest absolute Gasteiger partial charge is 0.497 e. The van der Waals surface area contributed by atoms with E-state index in [0.29, 0.717) is 28.8 Å². The third-order valence-electron chi connectivity index (χ3n) is 7.49. The second kappa shape index (κ2) is 13.2. The fourth-order valence-electron chi connectivity index (χ4n) is 5.09. The van der Waals surface area contributed by atoms with Gasteiger partial charge in [-0.3, -0.25) is 14.5 Å². The van der Waals surface area contributed by atoms with Crippen molar-refractivity contribution >= 4 is 29.4 Å². The fraction of sp³-hybridized carbons (Fsp3) is 0.303. The summed E-state index contributed by atoms with van der Waals surface area (Å²) in [6.45, 7) is 3.81. The van der Waals surface area contributed by atoms with Crippen molar-refractivity contribution in [1.82, 2.24) is 15.1 Å². The number of anilines is 1. The van der Waals surface area contributed by atoms with Crippen LogP contribution in [0.5, 0.6) is 17.2 Å². The topological polar surface area (TPSA) is 94.9 Å². The van der Waals surface area contributed by atoms with E-state index in [0.717, 1.165) is 28.8 Å². The minimum atomic E-state index is -0.367. The van der Waals surface area contributed by atoms with Crippen molar-refractivity contribution in [3.63, 3.8) is 0 Å². The first kappa shape index (κ1) is 30.0. The molecule has 0 bridgehead atoms. The lowest BCUT2D eigenvalue weighted by molar-refractivity contribution is -0.123. The molecule has 1 N–H and O–H groups in total. The minimum Gasteiger partial charge on any atom is -0.497 e. The van der Waals surface area contributed by atoms with Crippen molar-refractivity contribution in [3.05, 3.63) is 83.9 Å². The molecular formula is C33H36N4O5S. The first-order chi connectivity index (χ1) is 20.9. The van der Waals surface area contributed by atoms with Crippen molar-refractivity contribution < 1.29 is 23.8 Å². The van der Waals surface area contributed by atoms with Crippen LogP contribution in [0.25, 0.3) is 16.9 Å². The van der Waals surface area contributed by atoms with Gasteiger partial charge in [-0.25, -0.2) is 4.68 Å². The molecular weight excluding hydrogens is 564 g/mol. The molecule has 10 heteroatoms. The Hall–Kier alpha value is -4.44. The number of amides is 2. The van der Waals surface area contributed by atoms with E-state index in [1.807, 2.05) is 86.6 Å². The van der Waals surface area contributed by atoms with Gasteiger partial charge in [-0.05, 0) is 55.8 Å². The molecule has 0 fully saturated rings. The maximum atomic E-state index is 14.0. The van der Waals surface area contributed by atoms with Crippen LogP contribution in [-0.4, -0.2) is 61.3 Å². The molecule has 0 spiro atoms. The zero-order valence-corrected chi connectivity index (χ0v) is 25.8. The van der Waals surface area contributed by atoms with Crippen LogP contribution in [0.3, 0.4) is 0 Å². The molecule has 2 heterocycles. The third-order valence-corrected chi connectivity index (χ3v) is 8.73. The summed E-state index contributed by atoms with van der Waals surface area (Å²) in [6.07, 6.45) is 0.778. The summed E-state index contributed by atoms with van der Waals surface area (Å²) in [7, 11) is 4.86. The van der Waals surface area contributed by atoms with Crippen molar-refractivity contribution in [2.75, 3.05) is 38.5 Å². The number of rotatable bonds is 10. The molecule has 4 aromatic rings. The number of carbonyl (C=O) groups is 2. The number of thioether (sulfide) groups is 1. The van der Waals surface area contributed by atoms with Gasteiger partial charge in [0.25, 0.3) is 0 Å². The quantitative estimate of drug-likeness (QED) is 0.251. The molecule has 0 saturated heterocycles. The zero-order valence-electron chi connectivity index (χ0n) is 25.0. The Morgan fingerprint density at radius 2 is 1.70 bits per heavy atom. The molecule has 0 unspecified atom stereocenters. The van der Waals surface area contributed by atoms with E-state index >= 15 is 0 Å². The van der Waals surface area contributed by atoms with E-state index in [1.165, 1.54) is 11.8 Å². The summed E-state index contributed by atoms with van der Waals surface area (Å²) in [5, 5.41) is 7.79. The summed E-state index contributed by atoms with van der Waals surface area (Å²) in [5.41, 5.74) is 3.97. The van der Waals surface area contributed by atoms with Gasteiger partial charge in [-0.15, -0.1) is 11.8 Å². The average molecular weight is 601 g/mol. The molecule has 43 heavy (non-hydrogen) atoms. The summed E-state index contributed by atoms with van der Waals surface area (Å²) in [5.74, 6) is 2.28. The van der Waals surface area contributed by atoms with Crippen LogP contribution >= 0.6 is 11.8 Å². The van der Waals surface area contributed by atoms with Gasteiger partial charge in [0.2, 0.25) is 11.8 Å². The van der Waals surface area contributed by atoms with Gasteiger partial charge in [0.1, 0.15) is 29.6 Å². The van der Waals surface area contributed by atoms with Crippen molar-refractivity contribution in [1.29, 1.82) is 0 Å². The number of hydrogen-bond acceptors (Lipinski definition) is 7. The smallest absolute Gasteiger partial charge is 0.240 e. The van der Waals surface area contributed by atoms with E-state index in [4.69, 9.17) is 19.3 Å². The second-order valence-corrected chi connectivity index (χ2v) is 11.3. The summed E-state index contributed by atoms with van der Waals surface area (Å²) < 4.78 is 18.6. The van der Waals surface area contributed by atoms with Gasteiger partial charge < -0.3 is 19.5 Å². The standard InChI is InChI=1S/C33H36N4O5S/c1-6-21(2)34-28(38)19-36-29(39)20-43-32(26-18-25(41-4)16-17-27(26)42-5)30-31(22-10-8-7-9-11-22)35-37(33(30)36)23-12-14-24(40-3)15-13-23/h7-18,21,32H,6,19-20H2,1-5H3,(H,34,38)/t21-,32-/m0/s1. The Kier molecular flexibility index (Phi) is 9.25. The molecule has 0 radical (unpaired) electrons. The normalized spacial score (nSPS) is 15.3. The molecule has 2 amide bonds. The lowest BCUT2D eigenvalue weighted by Gasteiger charge is -2.24. The molecule has 2 atom stereocenters. The Morgan fingerprint density at radius 1 is 1.00 bits per heavy atom. The number of benzene rings is 3. The number of fused-ring (bicyclic) bond motifs is 1. The number of methoxy groups -OCH3 is 3. The van der Waals surface area contributed by atoms with Crippen LogP contribution in [-0.2, 0) is 9.59 Å². The van der Waals surface area contributed by atoms with Gasteiger partial charge >= 0.3 is 0 Å². The Balaban J connectivity index is 1.81. The number of carbonyl (C=O) groups excluding carboxylic acids is 2. The zero-order chi connectivity index (χ0) is 30.5. The van der Waals surface area contributed by atoms with E-state index in [2.05, 4.69) is 5.32 Å². The fourth-order valence-corrected chi connectivity index (χ4v) is 6.30. The lowest BCUT2D eigenvalue weighted by atomic mass is 9.98. The maximum absolute atomic E-state index is 14.0. The van der Waals surface area contributed by atoms with Crippen LogP contribution in [0.2, 0.25) is 0 Å². The number of nitrogens with zero attached hydrogens (tertiary/aromatic N) is 3. The van der Waals surface area contributed by atoms with Crippen molar-refractivity contribution in [2.24, 2.45) is 0 Å². The highest BCUT2D eigenvalue weighted by Crippen LogP contribution is 2.51. The molecule has 224 valence electrons. The first-order valence-corrected chi connectivity index (χ1v) is 15.2. The highest BCUT2D eigenvalue weighted by atomic mass is 32.2. The van der Waals surface area contributed by atoms with Crippen molar-refractivity contribution in [3.8, 4) is 34.2 Å². The van der Waals surface area contributed by atoms with E-state index < -0.39 is 0 Å². The lowest BCUT2D eigenvalue weighted by Crippen LogP contribution is -2.44. The van der Waals surface area contributed by atoms with Crippen LogP contribution in [0.1, 0.15) is 36.6 Å². The summed E-state index contributed by atoms with van der Waals surface area (Å²) in [6, 6.07) is 23.0. The molecule has 9 nitrogen and oxygen atoms in total. The highest BCUT2D eigenvalue weighted by molar-refractivity contribution is 8.00. The van der Waals surface area contributed by atoms with E-state index in [1.54, 1.807) is 30.9 Å². The van der Waals surface area contributed by atoms with Gasteiger partial charge in [-0.2, -0.15) is 5.10 Å². The number of ether oxygens (including phenoxy) is 3. The molecule has 3 aromatic carbocycles. The molecule has 1 aliphatic rings. The highest BCUT2D eigenvalue weighted by Gasteiger charge is 2.39. The number of hydrogen-bond donors (Lipinski definition) is 1. The third kappa shape index (κ3) is 6.19. The Labute approximate surface area is 256 Å². The molecule has 0 aliphatic carbocycles. The van der Waals surface area contributed by atoms with Crippen LogP contribution < -0.4 is 24.4 Å². The molecule has 1 aromatic heterocycles. The van der Waals surface area contributed by atoms with Gasteiger partial charge in [0.15, 0.2) is 0 Å². The van der Waals surface area contributed by atoms with Crippen LogP contribution in [0.4, 0.5) is 5.82 Å². The van der Waals surface area contributed by atoms with Crippen LogP contribution in [0, 0.1) is 0 Å². The van der Waals surface area contributed by atoms with Gasteiger partial charge in [0.05, 0.1) is 43.7 Å². The van der Waals surface area contributed by atoms with E-state index in [9.17, 15) is 9.59 Å². The second-order valence-electron chi connectivity index (χ2n) is 10.2. The monoisotopic (exact) mass is 600 g/mol. The average Bonchev–Trinajstić information content (AvgIpc) is 3.37. The molecule has 5 rings (SSSR count). The van der Waals surface area contributed by atoms with Crippen molar-refractivity contribution in [2.45, 2.75) is 31.6 Å². The van der Waals surface area contributed by atoms with E-state index in [-0.39, 0.29) is 35.4 Å². The van der Waals surface area contributed by atoms with Gasteiger partial charge in [-0.1, -0.05) is 37.3 Å². The first-order valence-electron chi connectivity index (χ1n) is 14.1. The summed E-state index contributed by atoms with van der Waals surface area (Å²) >= 11 is 1.48. The predicted molar refractivity (Wildman–Crippen MR) is 170 cm³/mol. The number of nitrogens with one attached hydrogen (secondary N) is 1. The Bertz CT molecular complexity index is 1590.